The molecule has 1 aromatic rings. The van der Waals surface area contributed by atoms with Crippen molar-refractivity contribution in [3.05, 3.63) is 29.8 Å². The summed E-state index contributed by atoms with van der Waals surface area (Å²) in [6.07, 6.45) is -1.93. The van der Waals surface area contributed by atoms with Crippen LogP contribution >= 0.6 is 0 Å². The molecule has 0 aromatic heterocycles. The molecular formula is C17H19F3N2O3. The van der Waals surface area contributed by atoms with E-state index in [4.69, 9.17) is 4.74 Å². The largest absolute Gasteiger partial charge is 0.463 e. The number of piperidine rings is 1. The molecule has 2 saturated heterocycles. The topological polar surface area (TPSA) is 58.6 Å². The number of fused-ring (bicyclic) bond motifs is 1. The highest BCUT2D eigenvalue weighted by atomic mass is 19.4. The number of alkyl halides is 3. The number of nitrogens with zero attached hydrogens (tertiary/aromatic N) is 1. The third-order valence-electron chi connectivity index (χ3n) is 4.65. The highest BCUT2D eigenvalue weighted by molar-refractivity contribution is 5.95. The third-order valence-corrected chi connectivity index (χ3v) is 4.65. The van der Waals surface area contributed by atoms with Gasteiger partial charge in [0.2, 0.25) is 5.91 Å². The van der Waals surface area contributed by atoms with Crippen LogP contribution in [0.25, 0.3) is 0 Å². The summed E-state index contributed by atoms with van der Waals surface area (Å²) in [5, 5.41) is 2.29. The fraction of sp³-hybridized carbons (Fsp3) is 0.529. The van der Waals surface area contributed by atoms with Crippen molar-refractivity contribution in [2.24, 2.45) is 0 Å². The van der Waals surface area contributed by atoms with E-state index in [0.29, 0.717) is 13.2 Å². The van der Waals surface area contributed by atoms with Gasteiger partial charge in [-0.05, 0) is 31.5 Å². The third kappa shape index (κ3) is 3.95. The van der Waals surface area contributed by atoms with E-state index in [9.17, 15) is 22.8 Å². The Hall–Kier alpha value is -2.09. The van der Waals surface area contributed by atoms with Gasteiger partial charge in [-0.1, -0.05) is 18.6 Å². The Morgan fingerprint density at radius 3 is 2.80 bits per heavy atom. The Morgan fingerprint density at radius 1 is 1.28 bits per heavy atom. The molecule has 136 valence electrons. The normalized spacial score (nSPS) is 24.4. The fourth-order valence-electron chi connectivity index (χ4n) is 3.44. The number of carbonyl (C=O) groups is 2. The highest BCUT2D eigenvalue weighted by Gasteiger charge is 2.40. The maximum absolute atomic E-state index is 13.0. The summed E-state index contributed by atoms with van der Waals surface area (Å²) in [5.41, 5.74) is -1.22. The molecule has 2 heterocycles. The summed E-state index contributed by atoms with van der Waals surface area (Å²) in [6, 6.07) is 4.13. The van der Waals surface area contributed by atoms with Crippen LogP contribution in [0.1, 0.15) is 31.2 Å². The van der Waals surface area contributed by atoms with Crippen molar-refractivity contribution in [1.82, 2.24) is 4.90 Å². The predicted molar refractivity (Wildman–Crippen MR) is 83.8 cm³/mol. The Kier molecular flexibility index (Phi) is 4.99. The van der Waals surface area contributed by atoms with E-state index in [1.165, 1.54) is 18.2 Å². The number of para-hydroxylation sites is 1. The minimum Gasteiger partial charge on any atom is -0.463 e. The Labute approximate surface area is 143 Å². The molecule has 2 aliphatic heterocycles. The second-order valence-corrected chi connectivity index (χ2v) is 6.33. The smallest absolute Gasteiger partial charge is 0.418 e. The van der Waals surface area contributed by atoms with Crippen molar-refractivity contribution in [2.75, 3.05) is 18.5 Å². The van der Waals surface area contributed by atoms with Gasteiger partial charge in [-0.25, -0.2) is 0 Å². The zero-order chi connectivity index (χ0) is 18.0. The van der Waals surface area contributed by atoms with Crippen molar-refractivity contribution in [3.63, 3.8) is 0 Å². The monoisotopic (exact) mass is 356 g/mol. The van der Waals surface area contributed by atoms with E-state index < -0.39 is 29.7 Å². The number of halogens is 3. The lowest BCUT2D eigenvalue weighted by Crippen LogP contribution is -2.57. The van der Waals surface area contributed by atoms with Gasteiger partial charge in [-0.2, -0.15) is 13.2 Å². The number of carbonyl (C=O) groups excluding carboxylic acids is 2. The van der Waals surface area contributed by atoms with Gasteiger partial charge in [0.1, 0.15) is 12.6 Å². The zero-order valence-electron chi connectivity index (χ0n) is 13.5. The van der Waals surface area contributed by atoms with Gasteiger partial charge in [-0.3, -0.25) is 14.5 Å². The number of hydrogen-bond acceptors (Lipinski definition) is 4. The van der Waals surface area contributed by atoms with Crippen LogP contribution in [0.15, 0.2) is 24.3 Å². The number of ether oxygens (including phenoxy) is 1. The molecule has 1 aromatic carbocycles. The quantitative estimate of drug-likeness (QED) is 0.846. The van der Waals surface area contributed by atoms with E-state index in [2.05, 4.69) is 5.32 Å². The number of hydrogen-bond donors (Lipinski definition) is 1. The van der Waals surface area contributed by atoms with Crippen molar-refractivity contribution in [2.45, 2.75) is 43.9 Å². The minimum atomic E-state index is -4.56. The van der Waals surface area contributed by atoms with E-state index >= 15 is 0 Å². The van der Waals surface area contributed by atoms with Gasteiger partial charge >= 0.3 is 12.1 Å². The first kappa shape index (κ1) is 17.7. The number of benzene rings is 1. The molecule has 8 heteroatoms. The van der Waals surface area contributed by atoms with Crippen molar-refractivity contribution in [1.29, 1.82) is 0 Å². The second-order valence-electron chi connectivity index (χ2n) is 6.33. The van der Waals surface area contributed by atoms with Gasteiger partial charge < -0.3 is 10.1 Å². The average molecular weight is 356 g/mol. The Balaban J connectivity index is 1.71. The first-order valence-electron chi connectivity index (χ1n) is 8.24. The van der Waals surface area contributed by atoms with E-state index in [-0.39, 0.29) is 18.2 Å². The lowest BCUT2D eigenvalue weighted by atomic mass is 9.97. The molecule has 2 atom stereocenters. The molecule has 1 amide bonds. The van der Waals surface area contributed by atoms with E-state index in [0.717, 1.165) is 25.3 Å². The van der Waals surface area contributed by atoms with Crippen molar-refractivity contribution < 1.29 is 27.5 Å². The zero-order valence-corrected chi connectivity index (χ0v) is 13.5. The standard InChI is InChI=1S/C17H19F3N2O3/c18-17(19,20)12-6-1-2-7-13(12)21-15(23)9-14-16(24)25-10-11-5-3-4-8-22(11)14/h1-2,6-7,11,14H,3-5,8-10H2,(H,21,23)/t11-,14-/m1/s1. The molecule has 0 radical (unpaired) electrons. The van der Waals surface area contributed by atoms with Crippen LogP contribution in [0.2, 0.25) is 0 Å². The summed E-state index contributed by atoms with van der Waals surface area (Å²) >= 11 is 0. The van der Waals surface area contributed by atoms with Crippen molar-refractivity contribution in [3.8, 4) is 0 Å². The number of morpholine rings is 1. The van der Waals surface area contributed by atoms with Crippen LogP contribution in [0.3, 0.4) is 0 Å². The molecule has 2 fully saturated rings. The van der Waals surface area contributed by atoms with Gasteiger partial charge in [-0.15, -0.1) is 0 Å². The summed E-state index contributed by atoms with van der Waals surface area (Å²) in [4.78, 5) is 26.3. The van der Waals surface area contributed by atoms with Crippen LogP contribution in [0, 0.1) is 0 Å². The summed E-state index contributed by atoms with van der Waals surface area (Å²) in [7, 11) is 0. The van der Waals surface area contributed by atoms with Crippen molar-refractivity contribution >= 4 is 17.6 Å². The molecule has 0 aliphatic carbocycles. The van der Waals surface area contributed by atoms with Gasteiger partial charge in [0, 0.05) is 6.04 Å². The second kappa shape index (κ2) is 7.03. The molecule has 5 nitrogen and oxygen atoms in total. The lowest BCUT2D eigenvalue weighted by molar-refractivity contribution is -0.165. The first-order valence-corrected chi connectivity index (χ1v) is 8.24. The van der Waals surface area contributed by atoms with E-state index in [1.807, 2.05) is 4.90 Å². The van der Waals surface area contributed by atoms with Gasteiger partial charge in [0.05, 0.1) is 17.7 Å². The molecular weight excluding hydrogens is 337 g/mol. The molecule has 2 aliphatic rings. The average Bonchev–Trinajstić information content (AvgIpc) is 2.57. The molecule has 0 unspecified atom stereocenters. The summed E-state index contributed by atoms with van der Waals surface area (Å²) in [5.74, 6) is -1.12. The molecule has 0 bridgehead atoms. The van der Waals surface area contributed by atoms with Crippen LogP contribution in [-0.2, 0) is 20.5 Å². The number of rotatable bonds is 3. The maximum atomic E-state index is 13.0. The van der Waals surface area contributed by atoms with Gasteiger partial charge in [0.15, 0.2) is 0 Å². The maximum Gasteiger partial charge on any atom is 0.418 e. The van der Waals surface area contributed by atoms with Crippen LogP contribution in [-0.4, -0.2) is 42.0 Å². The van der Waals surface area contributed by atoms with Gasteiger partial charge in [0.25, 0.3) is 0 Å². The highest BCUT2D eigenvalue weighted by Crippen LogP contribution is 2.34. The molecule has 1 N–H and O–H groups in total. The van der Waals surface area contributed by atoms with Crippen LogP contribution in [0.5, 0.6) is 0 Å². The minimum absolute atomic E-state index is 0.0895. The molecule has 25 heavy (non-hydrogen) atoms. The number of amides is 1. The fourth-order valence-corrected chi connectivity index (χ4v) is 3.44. The lowest BCUT2D eigenvalue weighted by Gasteiger charge is -2.43. The predicted octanol–water partition coefficient (Wildman–Crippen LogP) is 2.81. The summed E-state index contributed by atoms with van der Waals surface area (Å²) < 4.78 is 44.2. The SMILES string of the molecule is O=C(C[C@@H]1C(=O)OC[C@H]2CCCCN21)Nc1ccccc1C(F)(F)F. The number of nitrogens with one attached hydrogen (secondary N) is 1. The Bertz CT molecular complexity index is 663. The first-order chi connectivity index (χ1) is 11.9. The molecule has 0 spiro atoms. The molecule has 0 saturated carbocycles. The number of esters is 1. The summed E-state index contributed by atoms with van der Waals surface area (Å²) in [6.45, 7) is 1.00. The molecule has 3 rings (SSSR count). The van der Waals surface area contributed by atoms with Crippen LogP contribution < -0.4 is 5.32 Å². The van der Waals surface area contributed by atoms with E-state index in [1.54, 1.807) is 0 Å². The van der Waals surface area contributed by atoms with Crippen LogP contribution in [0.4, 0.5) is 18.9 Å². The number of anilines is 1. The Morgan fingerprint density at radius 2 is 2.04 bits per heavy atom. The number of cyclic esters (lactones) is 1.